The second kappa shape index (κ2) is 12.1. The fraction of sp³-hybridized carbons (Fsp3) is 0.556. The molecule has 0 aromatic heterocycles. The molecule has 130 valence electrons. The molecule has 0 aliphatic carbocycles. The van der Waals surface area contributed by atoms with Gasteiger partial charge in [-0.2, -0.15) is 8.42 Å². The highest BCUT2D eigenvalue weighted by atomic mass is 32.2. The molecule has 0 spiro atoms. The van der Waals surface area contributed by atoms with Gasteiger partial charge >= 0.3 is 0 Å². The van der Waals surface area contributed by atoms with E-state index in [-0.39, 0.29) is 5.75 Å². The average molecular weight is 340 g/mol. The molecular formula is C18H28O4S. The minimum absolute atomic E-state index is 0.110. The number of ether oxygens (including phenoxy) is 1. The zero-order chi connectivity index (χ0) is 16.8. The van der Waals surface area contributed by atoms with Gasteiger partial charge in [0, 0.05) is 0 Å². The van der Waals surface area contributed by atoms with E-state index < -0.39 is 10.1 Å². The van der Waals surface area contributed by atoms with Gasteiger partial charge in [0.05, 0.1) is 18.6 Å². The summed E-state index contributed by atoms with van der Waals surface area (Å²) in [6, 6.07) is 10.1. The molecule has 1 N–H and O–H groups in total. The van der Waals surface area contributed by atoms with E-state index in [9.17, 15) is 8.42 Å². The molecule has 0 heterocycles. The van der Waals surface area contributed by atoms with E-state index >= 15 is 0 Å². The Bertz CT molecular complexity index is 523. The summed E-state index contributed by atoms with van der Waals surface area (Å²) in [6.07, 6.45) is 11.9. The third kappa shape index (κ3) is 12.9. The summed E-state index contributed by atoms with van der Waals surface area (Å²) in [4.78, 5) is 0. The van der Waals surface area contributed by atoms with Crippen LogP contribution >= 0.6 is 0 Å². The molecule has 0 unspecified atom stereocenters. The lowest BCUT2D eigenvalue weighted by atomic mass is 10.1. The summed E-state index contributed by atoms with van der Waals surface area (Å²) in [5, 5.41) is 0. The zero-order valence-corrected chi connectivity index (χ0v) is 14.5. The third-order valence-electron chi connectivity index (χ3n) is 3.57. The summed E-state index contributed by atoms with van der Waals surface area (Å²) >= 11 is 0. The van der Waals surface area contributed by atoms with Gasteiger partial charge in [-0.1, -0.05) is 68.9 Å². The molecule has 0 fully saturated rings. The molecule has 4 nitrogen and oxygen atoms in total. The molecule has 1 aromatic carbocycles. The topological polar surface area (TPSA) is 63.6 Å². The Morgan fingerprint density at radius 2 is 1.43 bits per heavy atom. The van der Waals surface area contributed by atoms with Crippen molar-refractivity contribution in [2.75, 3.05) is 12.4 Å². The predicted octanol–water partition coefficient (Wildman–Crippen LogP) is 4.68. The lowest BCUT2D eigenvalue weighted by Gasteiger charge is -2.02. The second-order valence-corrected chi connectivity index (χ2v) is 7.27. The highest BCUT2D eigenvalue weighted by Crippen LogP contribution is 2.09. The van der Waals surface area contributed by atoms with Crippen LogP contribution in [0.25, 0.3) is 6.08 Å². The van der Waals surface area contributed by atoms with E-state index in [0.717, 1.165) is 44.3 Å². The van der Waals surface area contributed by atoms with Gasteiger partial charge in [-0.3, -0.25) is 4.55 Å². The first-order valence-corrected chi connectivity index (χ1v) is 9.97. The summed E-state index contributed by atoms with van der Waals surface area (Å²) in [6.45, 7) is 0.748. The molecule has 0 saturated carbocycles. The molecule has 0 aliphatic heterocycles. The van der Waals surface area contributed by atoms with Crippen LogP contribution in [0.1, 0.15) is 56.9 Å². The van der Waals surface area contributed by atoms with Gasteiger partial charge in [0.15, 0.2) is 0 Å². The Hall–Kier alpha value is -1.33. The van der Waals surface area contributed by atoms with Crippen molar-refractivity contribution >= 4 is 16.2 Å². The van der Waals surface area contributed by atoms with Crippen LogP contribution in [0.2, 0.25) is 0 Å². The lowest BCUT2D eigenvalue weighted by molar-refractivity contribution is 0.243. The van der Waals surface area contributed by atoms with Gasteiger partial charge < -0.3 is 4.74 Å². The number of hydrogen-bond donors (Lipinski definition) is 1. The molecule has 0 radical (unpaired) electrons. The maximum absolute atomic E-state index is 10.5. The fourth-order valence-electron chi connectivity index (χ4n) is 2.29. The van der Waals surface area contributed by atoms with E-state index in [4.69, 9.17) is 9.29 Å². The first-order valence-electron chi connectivity index (χ1n) is 8.36. The molecule has 5 heteroatoms. The number of benzene rings is 1. The molecule has 0 amide bonds. The first-order chi connectivity index (χ1) is 11.1. The third-order valence-corrected chi connectivity index (χ3v) is 4.38. The maximum atomic E-state index is 10.5. The van der Waals surface area contributed by atoms with Crippen LogP contribution in [0.15, 0.2) is 36.6 Å². The molecule has 23 heavy (non-hydrogen) atoms. The predicted molar refractivity (Wildman–Crippen MR) is 94.8 cm³/mol. The largest absolute Gasteiger partial charge is 0.501 e. The zero-order valence-electron chi connectivity index (χ0n) is 13.7. The van der Waals surface area contributed by atoms with Crippen LogP contribution < -0.4 is 0 Å². The Morgan fingerprint density at radius 3 is 2.04 bits per heavy atom. The van der Waals surface area contributed by atoms with Crippen molar-refractivity contribution in [3.8, 4) is 0 Å². The minimum Gasteiger partial charge on any atom is -0.501 e. The maximum Gasteiger partial charge on any atom is 0.264 e. The van der Waals surface area contributed by atoms with Crippen molar-refractivity contribution in [1.29, 1.82) is 0 Å². The van der Waals surface area contributed by atoms with Crippen molar-refractivity contribution in [2.45, 2.75) is 51.4 Å². The fourth-order valence-corrected chi connectivity index (χ4v) is 2.86. The van der Waals surface area contributed by atoms with Crippen LogP contribution in [-0.4, -0.2) is 25.3 Å². The Kier molecular flexibility index (Phi) is 10.4. The van der Waals surface area contributed by atoms with Gasteiger partial charge in [-0.15, -0.1) is 0 Å². The summed E-state index contributed by atoms with van der Waals surface area (Å²) in [5.74, 6) is -0.110. The van der Waals surface area contributed by atoms with Crippen LogP contribution in [0, 0.1) is 0 Å². The van der Waals surface area contributed by atoms with Gasteiger partial charge in [0.1, 0.15) is 0 Å². The summed E-state index contributed by atoms with van der Waals surface area (Å²) < 4.78 is 35.1. The first kappa shape index (κ1) is 19.7. The Morgan fingerprint density at radius 1 is 0.870 bits per heavy atom. The minimum atomic E-state index is -3.77. The van der Waals surface area contributed by atoms with Crippen LogP contribution in [0.4, 0.5) is 0 Å². The molecule has 0 saturated heterocycles. The molecule has 1 rings (SSSR count). The summed E-state index contributed by atoms with van der Waals surface area (Å²) in [5.41, 5.74) is 1.14. The number of unbranched alkanes of at least 4 members (excludes halogenated alkanes) is 7. The summed E-state index contributed by atoms with van der Waals surface area (Å²) in [7, 11) is -3.77. The normalized spacial score (nSPS) is 11.9. The quantitative estimate of drug-likeness (QED) is 0.322. The van der Waals surface area contributed by atoms with Crippen molar-refractivity contribution in [1.82, 2.24) is 0 Å². The standard InChI is InChI=1S/C18H28O4S/c19-23(20,21)17-11-6-4-2-1-3-5-10-15-22-16-14-18-12-8-7-9-13-18/h7-9,12-14,16H,1-6,10-11,15,17H2,(H,19,20,21). The highest BCUT2D eigenvalue weighted by Gasteiger charge is 2.02. The molecule has 0 aliphatic rings. The Labute approximate surface area is 140 Å². The molecule has 1 aromatic rings. The van der Waals surface area contributed by atoms with E-state index in [0.29, 0.717) is 6.42 Å². The van der Waals surface area contributed by atoms with Crippen molar-refractivity contribution < 1.29 is 17.7 Å². The van der Waals surface area contributed by atoms with Crippen molar-refractivity contribution in [3.05, 3.63) is 42.2 Å². The smallest absolute Gasteiger partial charge is 0.264 e. The monoisotopic (exact) mass is 340 g/mol. The average Bonchev–Trinajstić information content (AvgIpc) is 2.52. The Balaban J connectivity index is 1.84. The number of rotatable bonds is 13. The van der Waals surface area contributed by atoms with Crippen LogP contribution in [0.3, 0.4) is 0 Å². The SMILES string of the molecule is O=S(=O)(O)CCCCCCCCCCOC=Cc1ccccc1. The lowest BCUT2D eigenvalue weighted by Crippen LogP contribution is -2.03. The highest BCUT2D eigenvalue weighted by molar-refractivity contribution is 7.85. The molecule has 0 bridgehead atoms. The molecular weight excluding hydrogens is 312 g/mol. The van der Waals surface area contributed by atoms with E-state index in [1.807, 2.05) is 36.4 Å². The van der Waals surface area contributed by atoms with E-state index in [1.165, 1.54) is 12.8 Å². The van der Waals surface area contributed by atoms with E-state index in [2.05, 4.69) is 0 Å². The molecule has 0 atom stereocenters. The van der Waals surface area contributed by atoms with Gasteiger partial charge in [0.2, 0.25) is 0 Å². The van der Waals surface area contributed by atoms with Crippen LogP contribution in [-0.2, 0) is 14.9 Å². The van der Waals surface area contributed by atoms with Crippen molar-refractivity contribution in [2.24, 2.45) is 0 Å². The van der Waals surface area contributed by atoms with Gasteiger partial charge in [-0.05, 0) is 24.5 Å². The van der Waals surface area contributed by atoms with Crippen LogP contribution in [0.5, 0.6) is 0 Å². The van der Waals surface area contributed by atoms with E-state index in [1.54, 1.807) is 6.26 Å². The van der Waals surface area contributed by atoms with Crippen molar-refractivity contribution in [3.63, 3.8) is 0 Å². The van der Waals surface area contributed by atoms with Gasteiger partial charge in [-0.25, -0.2) is 0 Å². The number of hydrogen-bond acceptors (Lipinski definition) is 3. The van der Waals surface area contributed by atoms with Gasteiger partial charge in [0.25, 0.3) is 10.1 Å². The second-order valence-electron chi connectivity index (χ2n) is 5.70.